The maximum Gasteiger partial charge on any atom is 0.396 e. The third-order valence-electron chi connectivity index (χ3n) is 2.05. The second kappa shape index (κ2) is 5.40. The lowest BCUT2D eigenvalue weighted by atomic mass is 10.1. The predicted octanol–water partition coefficient (Wildman–Crippen LogP) is 2.31. The van der Waals surface area contributed by atoms with Gasteiger partial charge in [-0.3, -0.25) is 4.79 Å². The van der Waals surface area contributed by atoms with Gasteiger partial charge in [0.2, 0.25) is 0 Å². The predicted molar refractivity (Wildman–Crippen MR) is 63.1 cm³/mol. The average molecular weight is 297 g/mol. The van der Waals surface area contributed by atoms with Gasteiger partial charge >= 0.3 is 12.1 Å². The molecule has 0 radical (unpaired) electrons. The van der Waals surface area contributed by atoms with Gasteiger partial charge in [-0.25, -0.2) is 0 Å². The van der Waals surface area contributed by atoms with Crippen molar-refractivity contribution in [2.75, 3.05) is 5.75 Å². The molecule has 0 spiro atoms. The topological polar surface area (TPSA) is 68.0 Å². The van der Waals surface area contributed by atoms with E-state index in [-0.39, 0.29) is 16.7 Å². The molecule has 1 N–H and O–H groups in total. The van der Waals surface area contributed by atoms with Gasteiger partial charge in [-0.15, -0.1) is 10.2 Å². The summed E-state index contributed by atoms with van der Waals surface area (Å²) in [7, 11) is 0. The standard InChI is InChI=1S/C10H14F3N3O2S/c1-9(2,3)16-6(4-10(11,12)13)14-15-8(16)19-5-7(17)18/h4-5H2,1-3H3,(H,17,18). The van der Waals surface area contributed by atoms with Gasteiger partial charge in [-0.1, -0.05) is 11.8 Å². The summed E-state index contributed by atoms with van der Waals surface area (Å²) in [4.78, 5) is 10.5. The Bertz CT molecular complexity index is 466. The molecular weight excluding hydrogens is 283 g/mol. The van der Waals surface area contributed by atoms with Gasteiger partial charge < -0.3 is 9.67 Å². The van der Waals surface area contributed by atoms with Crippen molar-refractivity contribution in [1.29, 1.82) is 0 Å². The van der Waals surface area contributed by atoms with Gasteiger partial charge in [0.05, 0.1) is 5.75 Å². The van der Waals surface area contributed by atoms with Crippen molar-refractivity contribution in [1.82, 2.24) is 14.8 Å². The van der Waals surface area contributed by atoms with Crippen LogP contribution in [-0.4, -0.2) is 37.8 Å². The third kappa shape index (κ3) is 4.73. The van der Waals surface area contributed by atoms with Gasteiger partial charge in [-0.2, -0.15) is 13.2 Å². The molecule has 0 saturated heterocycles. The molecule has 0 aromatic carbocycles. The smallest absolute Gasteiger partial charge is 0.396 e. The lowest BCUT2D eigenvalue weighted by Gasteiger charge is -2.24. The summed E-state index contributed by atoms with van der Waals surface area (Å²) < 4.78 is 38.7. The molecule has 0 amide bonds. The Morgan fingerprint density at radius 2 is 1.89 bits per heavy atom. The number of aliphatic carboxylic acids is 1. The van der Waals surface area contributed by atoms with Gasteiger partial charge in [0.15, 0.2) is 5.16 Å². The molecule has 0 aliphatic rings. The van der Waals surface area contributed by atoms with Crippen LogP contribution in [0.1, 0.15) is 26.6 Å². The number of alkyl halides is 3. The molecule has 1 heterocycles. The molecule has 9 heteroatoms. The number of carboxylic acid groups (broad SMARTS) is 1. The number of thioether (sulfide) groups is 1. The Kier molecular flexibility index (Phi) is 4.49. The van der Waals surface area contributed by atoms with E-state index in [0.29, 0.717) is 0 Å². The first-order valence-electron chi connectivity index (χ1n) is 5.37. The van der Waals surface area contributed by atoms with E-state index >= 15 is 0 Å². The fraction of sp³-hybridized carbons (Fsp3) is 0.700. The molecule has 108 valence electrons. The van der Waals surface area contributed by atoms with E-state index in [9.17, 15) is 18.0 Å². The SMILES string of the molecule is CC(C)(C)n1c(CC(F)(F)F)nnc1SCC(=O)O. The van der Waals surface area contributed by atoms with E-state index < -0.39 is 24.1 Å². The van der Waals surface area contributed by atoms with Gasteiger partial charge in [0.1, 0.15) is 12.2 Å². The molecule has 1 aromatic rings. The first kappa shape index (κ1) is 15.8. The second-order valence-corrected chi connectivity index (χ2v) is 5.82. The van der Waals surface area contributed by atoms with Crippen LogP contribution in [0.4, 0.5) is 13.2 Å². The van der Waals surface area contributed by atoms with Crippen molar-refractivity contribution in [3.8, 4) is 0 Å². The minimum Gasteiger partial charge on any atom is -0.481 e. The Balaban J connectivity index is 3.09. The summed E-state index contributed by atoms with van der Waals surface area (Å²) in [6.45, 7) is 5.13. The van der Waals surface area contributed by atoms with Crippen molar-refractivity contribution in [2.24, 2.45) is 0 Å². The summed E-state index contributed by atoms with van der Waals surface area (Å²) in [5.74, 6) is -1.56. The third-order valence-corrected chi connectivity index (χ3v) is 2.97. The molecule has 0 bridgehead atoms. The van der Waals surface area contributed by atoms with Crippen LogP contribution in [0.2, 0.25) is 0 Å². The van der Waals surface area contributed by atoms with Crippen molar-refractivity contribution in [3.05, 3.63) is 5.82 Å². The first-order chi connectivity index (χ1) is 8.50. The molecular formula is C10H14F3N3O2S. The quantitative estimate of drug-likeness (QED) is 0.864. The summed E-state index contributed by atoms with van der Waals surface area (Å²) in [6.07, 6.45) is -5.57. The van der Waals surface area contributed by atoms with Crippen LogP contribution in [0.5, 0.6) is 0 Å². The monoisotopic (exact) mass is 297 g/mol. The Morgan fingerprint density at radius 1 is 1.32 bits per heavy atom. The lowest BCUT2D eigenvalue weighted by molar-refractivity contribution is -0.134. The Hall–Kier alpha value is -1.25. The molecule has 19 heavy (non-hydrogen) atoms. The molecule has 1 rings (SSSR count). The van der Waals surface area contributed by atoms with Crippen LogP contribution >= 0.6 is 11.8 Å². The average Bonchev–Trinajstić information content (AvgIpc) is 2.54. The summed E-state index contributed by atoms with van der Waals surface area (Å²) >= 11 is 0.851. The second-order valence-electron chi connectivity index (χ2n) is 4.88. The highest BCUT2D eigenvalue weighted by Crippen LogP contribution is 2.29. The molecule has 0 unspecified atom stereocenters. The maximum atomic E-state index is 12.5. The van der Waals surface area contributed by atoms with Crippen LogP contribution in [-0.2, 0) is 16.8 Å². The highest BCUT2D eigenvalue weighted by atomic mass is 32.2. The molecule has 0 aliphatic carbocycles. The van der Waals surface area contributed by atoms with Crippen LogP contribution in [0.25, 0.3) is 0 Å². The fourth-order valence-corrected chi connectivity index (χ4v) is 2.35. The molecule has 0 atom stereocenters. The lowest BCUT2D eigenvalue weighted by Crippen LogP contribution is -2.27. The van der Waals surface area contributed by atoms with E-state index in [1.807, 2.05) is 0 Å². The van der Waals surface area contributed by atoms with E-state index in [4.69, 9.17) is 5.11 Å². The minimum absolute atomic E-state index is 0.175. The van der Waals surface area contributed by atoms with E-state index in [1.165, 1.54) is 4.57 Å². The van der Waals surface area contributed by atoms with Gasteiger partial charge in [0, 0.05) is 5.54 Å². The number of carboxylic acids is 1. The van der Waals surface area contributed by atoms with Crippen LogP contribution in [0.15, 0.2) is 5.16 Å². The highest BCUT2D eigenvalue weighted by Gasteiger charge is 2.34. The number of hydrogen-bond donors (Lipinski definition) is 1. The molecule has 0 saturated carbocycles. The summed E-state index contributed by atoms with van der Waals surface area (Å²) in [5, 5.41) is 16.0. The zero-order chi connectivity index (χ0) is 14.8. The maximum absolute atomic E-state index is 12.5. The van der Waals surface area contributed by atoms with E-state index in [1.54, 1.807) is 20.8 Å². The van der Waals surface area contributed by atoms with Crippen molar-refractivity contribution in [3.63, 3.8) is 0 Å². The van der Waals surface area contributed by atoms with Crippen molar-refractivity contribution < 1.29 is 23.1 Å². The van der Waals surface area contributed by atoms with Crippen molar-refractivity contribution in [2.45, 2.75) is 44.1 Å². The molecule has 0 fully saturated rings. The van der Waals surface area contributed by atoms with Gasteiger partial charge in [-0.05, 0) is 20.8 Å². The van der Waals surface area contributed by atoms with Crippen LogP contribution < -0.4 is 0 Å². The Morgan fingerprint density at radius 3 is 2.32 bits per heavy atom. The van der Waals surface area contributed by atoms with E-state index in [2.05, 4.69) is 10.2 Å². The number of hydrogen-bond acceptors (Lipinski definition) is 4. The normalized spacial score (nSPS) is 12.7. The number of nitrogens with zero attached hydrogens (tertiary/aromatic N) is 3. The number of halogens is 3. The summed E-state index contributed by atoms with van der Waals surface area (Å²) in [5.41, 5.74) is -0.662. The zero-order valence-electron chi connectivity index (χ0n) is 10.7. The Labute approximate surface area is 112 Å². The molecule has 1 aromatic heterocycles. The number of carbonyl (C=O) groups is 1. The minimum atomic E-state index is -4.38. The summed E-state index contributed by atoms with van der Waals surface area (Å²) in [6, 6.07) is 0. The van der Waals surface area contributed by atoms with Gasteiger partial charge in [0.25, 0.3) is 0 Å². The van der Waals surface area contributed by atoms with Crippen molar-refractivity contribution >= 4 is 17.7 Å². The highest BCUT2D eigenvalue weighted by molar-refractivity contribution is 7.99. The number of rotatable bonds is 4. The number of aromatic nitrogens is 3. The fourth-order valence-electron chi connectivity index (χ4n) is 1.49. The van der Waals surface area contributed by atoms with E-state index in [0.717, 1.165) is 11.8 Å². The molecule has 5 nitrogen and oxygen atoms in total. The van der Waals surface area contributed by atoms with Crippen LogP contribution in [0, 0.1) is 0 Å². The molecule has 0 aliphatic heterocycles. The largest absolute Gasteiger partial charge is 0.481 e. The van der Waals surface area contributed by atoms with Crippen LogP contribution in [0.3, 0.4) is 0 Å². The first-order valence-corrected chi connectivity index (χ1v) is 6.35. The zero-order valence-corrected chi connectivity index (χ0v) is 11.5.